The van der Waals surface area contributed by atoms with Crippen LogP contribution in [0.15, 0.2) is 67.6 Å². The van der Waals surface area contributed by atoms with Crippen molar-refractivity contribution in [2.24, 2.45) is 0 Å². The van der Waals surface area contributed by atoms with Gasteiger partial charge in [0.2, 0.25) is 0 Å². The smallest absolute Gasteiger partial charge is 0.273 e. The number of amides is 1. The van der Waals surface area contributed by atoms with E-state index in [1.54, 1.807) is 25.0 Å². The predicted octanol–water partition coefficient (Wildman–Crippen LogP) is 2.17. The summed E-state index contributed by atoms with van der Waals surface area (Å²) < 4.78 is 1.84. The minimum Gasteiger partial charge on any atom is -0.353 e. The molecular formula is C21H19N7O. The highest BCUT2D eigenvalue weighted by molar-refractivity contribution is 6.05. The summed E-state index contributed by atoms with van der Waals surface area (Å²) in [7, 11) is 0. The van der Waals surface area contributed by atoms with Crippen molar-refractivity contribution in [3.8, 4) is 5.82 Å². The third-order valence-electron chi connectivity index (χ3n) is 5.17. The normalized spacial score (nSPS) is 14.3. The Morgan fingerprint density at radius 2 is 1.72 bits per heavy atom. The summed E-state index contributed by atoms with van der Waals surface area (Å²) >= 11 is 0. The Balaban J connectivity index is 1.32. The standard InChI is InChI=1S/C21H19N7O/c29-21(20-17-4-2-1-3-16(17)5-6-23-20)27-11-9-26(10-12-27)18-13-19(25-14-24-18)28-8-7-22-15-28/h1-8,13-15H,9-12H2. The fourth-order valence-corrected chi connectivity index (χ4v) is 3.62. The number of hydrogen-bond acceptors (Lipinski definition) is 6. The fraction of sp³-hybridized carbons (Fsp3) is 0.190. The van der Waals surface area contributed by atoms with E-state index >= 15 is 0 Å². The molecule has 0 saturated carbocycles. The molecule has 0 atom stereocenters. The first-order chi connectivity index (χ1) is 14.3. The van der Waals surface area contributed by atoms with Gasteiger partial charge < -0.3 is 9.80 Å². The van der Waals surface area contributed by atoms with Crippen molar-refractivity contribution in [3.63, 3.8) is 0 Å². The van der Waals surface area contributed by atoms with Gasteiger partial charge in [0.05, 0.1) is 0 Å². The van der Waals surface area contributed by atoms with Crippen LogP contribution in [0.25, 0.3) is 16.6 Å². The molecule has 1 aliphatic rings. The van der Waals surface area contributed by atoms with Crippen molar-refractivity contribution in [3.05, 3.63) is 73.3 Å². The molecule has 0 aliphatic carbocycles. The molecule has 0 radical (unpaired) electrons. The Kier molecular flexibility index (Phi) is 4.36. The summed E-state index contributed by atoms with van der Waals surface area (Å²) in [6, 6.07) is 11.7. The van der Waals surface area contributed by atoms with E-state index in [1.165, 1.54) is 0 Å². The number of benzene rings is 1. The Morgan fingerprint density at radius 3 is 2.55 bits per heavy atom. The van der Waals surface area contributed by atoms with Crippen molar-refractivity contribution in [1.29, 1.82) is 0 Å². The second-order valence-electron chi connectivity index (χ2n) is 6.86. The number of fused-ring (bicyclic) bond motifs is 1. The summed E-state index contributed by atoms with van der Waals surface area (Å²) in [5.74, 6) is 1.59. The molecule has 0 N–H and O–H groups in total. The lowest BCUT2D eigenvalue weighted by Crippen LogP contribution is -2.49. The van der Waals surface area contributed by atoms with E-state index in [1.807, 2.05) is 52.1 Å². The minimum absolute atomic E-state index is 0.0248. The van der Waals surface area contributed by atoms with E-state index in [-0.39, 0.29) is 5.91 Å². The number of pyridine rings is 1. The topological polar surface area (TPSA) is 80.0 Å². The first-order valence-electron chi connectivity index (χ1n) is 9.48. The molecule has 1 saturated heterocycles. The summed E-state index contributed by atoms with van der Waals surface area (Å²) in [4.78, 5) is 34.2. The molecular weight excluding hydrogens is 366 g/mol. The van der Waals surface area contributed by atoms with E-state index < -0.39 is 0 Å². The first kappa shape index (κ1) is 17.3. The fourth-order valence-electron chi connectivity index (χ4n) is 3.62. The largest absolute Gasteiger partial charge is 0.353 e. The van der Waals surface area contributed by atoms with E-state index in [2.05, 4.69) is 24.8 Å². The van der Waals surface area contributed by atoms with Crippen molar-refractivity contribution in [2.75, 3.05) is 31.1 Å². The maximum absolute atomic E-state index is 13.1. The quantitative estimate of drug-likeness (QED) is 0.538. The van der Waals surface area contributed by atoms with Gasteiger partial charge in [-0.15, -0.1) is 0 Å². The van der Waals surface area contributed by atoms with Gasteiger partial charge in [0.15, 0.2) is 0 Å². The zero-order chi connectivity index (χ0) is 19.6. The average Bonchev–Trinajstić information content (AvgIpc) is 3.34. The SMILES string of the molecule is O=C(c1nccc2ccccc12)N1CCN(c2cc(-n3ccnc3)ncn2)CC1. The van der Waals surface area contributed by atoms with Crippen molar-refractivity contribution in [1.82, 2.24) is 29.4 Å². The van der Waals surface area contributed by atoms with Crippen LogP contribution in [0, 0.1) is 0 Å². The molecule has 1 aliphatic heterocycles. The van der Waals surface area contributed by atoms with E-state index in [4.69, 9.17) is 0 Å². The third-order valence-corrected chi connectivity index (χ3v) is 5.17. The van der Waals surface area contributed by atoms with E-state index in [9.17, 15) is 4.79 Å². The Hall–Kier alpha value is -3.81. The van der Waals surface area contributed by atoms with Crippen molar-refractivity contribution >= 4 is 22.5 Å². The van der Waals surface area contributed by atoms with Gasteiger partial charge in [-0.2, -0.15) is 0 Å². The lowest BCUT2D eigenvalue weighted by molar-refractivity contribution is 0.0743. The van der Waals surface area contributed by atoms with Crippen LogP contribution in [0.5, 0.6) is 0 Å². The summed E-state index contributed by atoms with van der Waals surface area (Å²) in [5, 5.41) is 1.92. The summed E-state index contributed by atoms with van der Waals surface area (Å²) in [5.41, 5.74) is 0.515. The van der Waals surface area contributed by atoms with E-state index in [0.717, 1.165) is 22.4 Å². The van der Waals surface area contributed by atoms with Crippen LogP contribution in [-0.2, 0) is 0 Å². The predicted molar refractivity (Wildman–Crippen MR) is 109 cm³/mol. The van der Waals surface area contributed by atoms with Gasteiger partial charge in [0.25, 0.3) is 5.91 Å². The summed E-state index contributed by atoms with van der Waals surface area (Å²) in [6.45, 7) is 2.65. The van der Waals surface area contributed by atoms with Gasteiger partial charge in [-0.05, 0) is 11.5 Å². The van der Waals surface area contributed by atoms with Crippen LogP contribution < -0.4 is 4.90 Å². The van der Waals surface area contributed by atoms with Gasteiger partial charge in [0.1, 0.15) is 30.0 Å². The lowest BCUT2D eigenvalue weighted by atomic mass is 10.1. The minimum atomic E-state index is -0.0248. The molecule has 8 nitrogen and oxygen atoms in total. The molecule has 0 bridgehead atoms. The van der Waals surface area contributed by atoms with Gasteiger partial charge >= 0.3 is 0 Å². The molecule has 5 rings (SSSR count). The Morgan fingerprint density at radius 1 is 0.897 bits per heavy atom. The molecule has 1 aromatic carbocycles. The second-order valence-corrected chi connectivity index (χ2v) is 6.86. The Bertz CT molecular complexity index is 1150. The van der Waals surface area contributed by atoms with Crippen LogP contribution in [-0.4, -0.2) is 61.5 Å². The lowest BCUT2D eigenvalue weighted by Gasteiger charge is -2.35. The highest BCUT2D eigenvalue weighted by atomic mass is 16.2. The number of aromatic nitrogens is 5. The molecule has 1 amide bonds. The van der Waals surface area contributed by atoms with Crippen molar-refractivity contribution < 1.29 is 4.79 Å². The maximum Gasteiger partial charge on any atom is 0.273 e. The number of imidazole rings is 1. The number of anilines is 1. The number of nitrogens with zero attached hydrogens (tertiary/aromatic N) is 7. The van der Waals surface area contributed by atoms with Crippen LogP contribution in [0.1, 0.15) is 10.5 Å². The molecule has 29 heavy (non-hydrogen) atoms. The van der Waals surface area contributed by atoms with Crippen LogP contribution in [0.4, 0.5) is 5.82 Å². The number of piperazine rings is 1. The van der Waals surface area contributed by atoms with Crippen molar-refractivity contribution in [2.45, 2.75) is 0 Å². The monoisotopic (exact) mass is 385 g/mol. The van der Waals surface area contributed by atoms with Crippen LogP contribution >= 0.6 is 0 Å². The molecule has 3 aromatic heterocycles. The first-order valence-corrected chi connectivity index (χ1v) is 9.48. The Labute approximate surface area is 167 Å². The highest BCUT2D eigenvalue weighted by Crippen LogP contribution is 2.20. The van der Waals surface area contributed by atoms with Gasteiger partial charge in [-0.25, -0.2) is 15.0 Å². The molecule has 4 heterocycles. The number of rotatable bonds is 3. The van der Waals surface area contributed by atoms with E-state index in [0.29, 0.717) is 31.9 Å². The molecule has 0 unspecified atom stereocenters. The molecule has 144 valence electrons. The zero-order valence-electron chi connectivity index (χ0n) is 15.7. The number of carbonyl (C=O) groups is 1. The van der Waals surface area contributed by atoms with Gasteiger partial charge in [-0.1, -0.05) is 24.3 Å². The van der Waals surface area contributed by atoms with Gasteiger partial charge in [-0.3, -0.25) is 14.3 Å². The number of hydrogen-bond donors (Lipinski definition) is 0. The third kappa shape index (κ3) is 3.29. The van der Waals surface area contributed by atoms with Crippen LogP contribution in [0.3, 0.4) is 0 Å². The maximum atomic E-state index is 13.1. The molecule has 8 heteroatoms. The average molecular weight is 385 g/mol. The molecule has 4 aromatic rings. The van der Waals surface area contributed by atoms with Gasteiger partial charge in [0, 0.05) is 56.2 Å². The molecule has 1 fully saturated rings. The molecule has 0 spiro atoms. The summed E-state index contributed by atoms with van der Waals surface area (Å²) in [6.07, 6.45) is 8.53. The second kappa shape index (κ2) is 7.31. The highest BCUT2D eigenvalue weighted by Gasteiger charge is 2.25. The number of carbonyl (C=O) groups excluding carboxylic acids is 1. The van der Waals surface area contributed by atoms with Crippen LogP contribution in [0.2, 0.25) is 0 Å². The zero-order valence-corrected chi connectivity index (χ0v) is 15.7.